The van der Waals surface area contributed by atoms with Gasteiger partial charge < -0.3 is 9.73 Å². The van der Waals surface area contributed by atoms with Crippen LogP contribution >= 0.6 is 27.5 Å². The summed E-state index contributed by atoms with van der Waals surface area (Å²) in [7, 11) is 0. The number of carbonyl (C=O) groups excluding carboxylic acids is 1. The Labute approximate surface area is 116 Å². The molecular weight excluding hydrogens is 320 g/mol. The molecule has 0 unspecified atom stereocenters. The van der Waals surface area contributed by atoms with Crippen molar-refractivity contribution in [3.8, 4) is 6.07 Å². The number of carbonyl (C=O) groups is 1. The zero-order chi connectivity index (χ0) is 13.1. The molecule has 4 nitrogen and oxygen atoms in total. The standard InChI is InChI=1S/C12H6BrClN2O2/c13-11-9(3-4-18-11)12(17)16-10-5-8(14)2-1-7(10)6-15/h1-5H,(H,16,17). The van der Waals surface area contributed by atoms with E-state index in [1.54, 1.807) is 12.1 Å². The first-order valence-electron chi connectivity index (χ1n) is 4.86. The fourth-order valence-corrected chi connectivity index (χ4v) is 1.96. The summed E-state index contributed by atoms with van der Waals surface area (Å²) < 4.78 is 5.30. The molecule has 0 saturated heterocycles. The molecule has 2 aromatic rings. The lowest BCUT2D eigenvalue weighted by Gasteiger charge is -2.06. The Morgan fingerprint density at radius 2 is 2.22 bits per heavy atom. The number of anilines is 1. The van der Waals surface area contributed by atoms with Crippen LogP contribution in [0.1, 0.15) is 15.9 Å². The van der Waals surface area contributed by atoms with E-state index in [0.717, 1.165) is 0 Å². The topological polar surface area (TPSA) is 66.0 Å². The molecule has 0 radical (unpaired) electrons. The van der Waals surface area contributed by atoms with Crippen LogP contribution in [0.2, 0.25) is 5.02 Å². The van der Waals surface area contributed by atoms with Crippen molar-refractivity contribution in [3.05, 3.63) is 51.3 Å². The lowest BCUT2D eigenvalue weighted by atomic mass is 10.2. The zero-order valence-corrected chi connectivity index (χ0v) is 11.2. The van der Waals surface area contributed by atoms with E-state index in [4.69, 9.17) is 21.3 Å². The van der Waals surface area contributed by atoms with E-state index >= 15 is 0 Å². The molecule has 0 aliphatic carbocycles. The van der Waals surface area contributed by atoms with Gasteiger partial charge in [0.1, 0.15) is 6.07 Å². The second kappa shape index (κ2) is 5.25. The van der Waals surface area contributed by atoms with Crippen LogP contribution in [0, 0.1) is 11.3 Å². The minimum Gasteiger partial charge on any atom is -0.457 e. The Morgan fingerprint density at radius 3 is 2.83 bits per heavy atom. The van der Waals surface area contributed by atoms with Crippen molar-refractivity contribution in [2.24, 2.45) is 0 Å². The maximum atomic E-state index is 11.9. The largest absolute Gasteiger partial charge is 0.457 e. The van der Waals surface area contributed by atoms with Crippen LogP contribution in [0.25, 0.3) is 0 Å². The minimum atomic E-state index is -0.380. The molecule has 90 valence electrons. The number of nitriles is 1. The number of nitrogens with zero attached hydrogens (tertiary/aromatic N) is 1. The fraction of sp³-hybridized carbons (Fsp3) is 0. The SMILES string of the molecule is N#Cc1ccc(Cl)cc1NC(=O)c1ccoc1Br. The number of halogens is 2. The predicted octanol–water partition coefficient (Wildman–Crippen LogP) is 3.82. The van der Waals surface area contributed by atoms with Crippen LogP contribution in [0.3, 0.4) is 0 Å². The molecule has 0 spiro atoms. The highest BCUT2D eigenvalue weighted by molar-refractivity contribution is 9.10. The summed E-state index contributed by atoms with van der Waals surface area (Å²) in [5.74, 6) is -0.380. The van der Waals surface area contributed by atoms with E-state index in [1.807, 2.05) is 6.07 Å². The van der Waals surface area contributed by atoms with E-state index in [0.29, 0.717) is 26.5 Å². The van der Waals surface area contributed by atoms with Crippen LogP contribution in [0.5, 0.6) is 0 Å². The van der Waals surface area contributed by atoms with Crippen molar-refractivity contribution in [2.45, 2.75) is 0 Å². The third-order valence-corrected chi connectivity index (χ3v) is 3.06. The number of furan rings is 1. The second-order valence-corrected chi connectivity index (χ2v) is 4.52. The summed E-state index contributed by atoms with van der Waals surface area (Å²) in [5.41, 5.74) is 1.05. The molecule has 0 saturated carbocycles. The maximum Gasteiger partial charge on any atom is 0.260 e. The van der Waals surface area contributed by atoms with Gasteiger partial charge in [-0.25, -0.2) is 0 Å². The van der Waals surface area contributed by atoms with Gasteiger partial charge in [-0.15, -0.1) is 0 Å². The smallest absolute Gasteiger partial charge is 0.260 e. The van der Waals surface area contributed by atoms with Gasteiger partial charge in [0.15, 0.2) is 4.67 Å². The molecule has 0 bridgehead atoms. The van der Waals surface area contributed by atoms with E-state index < -0.39 is 0 Å². The Hall–Kier alpha value is -1.77. The van der Waals surface area contributed by atoms with Gasteiger partial charge in [0.25, 0.3) is 5.91 Å². The number of hydrogen-bond donors (Lipinski definition) is 1. The summed E-state index contributed by atoms with van der Waals surface area (Å²) in [6.07, 6.45) is 1.39. The van der Waals surface area contributed by atoms with Gasteiger partial charge >= 0.3 is 0 Å². The molecule has 2 rings (SSSR count). The number of benzene rings is 1. The average molecular weight is 326 g/mol. The van der Waals surface area contributed by atoms with Crippen LogP contribution in [0.15, 0.2) is 39.6 Å². The predicted molar refractivity (Wildman–Crippen MR) is 70.5 cm³/mol. The van der Waals surface area contributed by atoms with Gasteiger partial charge in [0.2, 0.25) is 0 Å². The zero-order valence-electron chi connectivity index (χ0n) is 8.91. The van der Waals surface area contributed by atoms with Crippen molar-refractivity contribution in [3.63, 3.8) is 0 Å². The average Bonchev–Trinajstić information content (AvgIpc) is 2.76. The Balaban J connectivity index is 2.30. The number of rotatable bonds is 2. The molecule has 0 fully saturated rings. The van der Waals surface area contributed by atoms with Crippen molar-refractivity contribution in [1.82, 2.24) is 0 Å². The van der Waals surface area contributed by atoms with Gasteiger partial charge in [-0.1, -0.05) is 11.6 Å². The van der Waals surface area contributed by atoms with Crippen LogP contribution < -0.4 is 5.32 Å². The summed E-state index contributed by atoms with van der Waals surface area (Å²) >= 11 is 8.94. The van der Waals surface area contributed by atoms with Gasteiger partial charge in [-0.3, -0.25) is 4.79 Å². The Morgan fingerprint density at radius 1 is 1.44 bits per heavy atom. The number of hydrogen-bond acceptors (Lipinski definition) is 3. The second-order valence-electron chi connectivity index (χ2n) is 3.36. The Kier molecular flexibility index (Phi) is 3.70. The third kappa shape index (κ3) is 2.55. The molecule has 1 amide bonds. The van der Waals surface area contributed by atoms with Gasteiger partial charge in [0.05, 0.1) is 23.1 Å². The molecule has 1 aromatic heterocycles. The molecule has 1 N–H and O–H groups in total. The molecule has 6 heteroatoms. The lowest BCUT2D eigenvalue weighted by Crippen LogP contribution is -2.12. The van der Waals surface area contributed by atoms with Crippen LogP contribution in [-0.2, 0) is 0 Å². The first kappa shape index (κ1) is 12.7. The third-order valence-electron chi connectivity index (χ3n) is 2.21. The van der Waals surface area contributed by atoms with E-state index in [-0.39, 0.29) is 5.91 Å². The van der Waals surface area contributed by atoms with Crippen molar-refractivity contribution in [1.29, 1.82) is 5.26 Å². The molecule has 1 heterocycles. The summed E-state index contributed by atoms with van der Waals surface area (Å²) in [6.45, 7) is 0. The summed E-state index contributed by atoms with van der Waals surface area (Å²) in [6, 6.07) is 8.15. The molecule has 0 atom stereocenters. The maximum absolute atomic E-state index is 11.9. The van der Waals surface area contributed by atoms with Crippen molar-refractivity contribution < 1.29 is 9.21 Å². The normalized spacial score (nSPS) is 9.83. The lowest BCUT2D eigenvalue weighted by molar-refractivity contribution is 0.102. The van der Waals surface area contributed by atoms with E-state index in [2.05, 4.69) is 21.2 Å². The fourth-order valence-electron chi connectivity index (χ4n) is 1.36. The highest BCUT2D eigenvalue weighted by Crippen LogP contribution is 2.23. The van der Waals surface area contributed by atoms with Gasteiger partial charge in [-0.05, 0) is 40.2 Å². The highest BCUT2D eigenvalue weighted by Gasteiger charge is 2.14. The quantitative estimate of drug-likeness (QED) is 0.912. The first-order valence-corrected chi connectivity index (χ1v) is 6.03. The highest BCUT2D eigenvalue weighted by atomic mass is 79.9. The monoisotopic (exact) mass is 324 g/mol. The summed E-state index contributed by atoms with van der Waals surface area (Å²) in [4.78, 5) is 11.9. The molecule has 18 heavy (non-hydrogen) atoms. The number of nitrogens with one attached hydrogen (secondary N) is 1. The van der Waals surface area contributed by atoms with Gasteiger partial charge in [-0.2, -0.15) is 5.26 Å². The van der Waals surface area contributed by atoms with Crippen LogP contribution in [-0.4, -0.2) is 5.91 Å². The van der Waals surface area contributed by atoms with Crippen molar-refractivity contribution in [2.75, 3.05) is 5.32 Å². The molecule has 0 aliphatic rings. The van der Waals surface area contributed by atoms with Crippen LogP contribution in [0.4, 0.5) is 5.69 Å². The number of amides is 1. The first-order chi connectivity index (χ1) is 8.61. The Bertz CT molecular complexity index is 646. The molecular formula is C12H6BrClN2O2. The molecule has 0 aliphatic heterocycles. The van der Waals surface area contributed by atoms with Crippen molar-refractivity contribution >= 4 is 39.1 Å². The van der Waals surface area contributed by atoms with Gasteiger partial charge in [0, 0.05) is 5.02 Å². The minimum absolute atomic E-state index is 0.334. The molecule has 1 aromatic carbocycles. The van der Waals surface area contributed by atoms with E-state index in [9.17, 15) is 4.79 Å². The summed E-state index contributed by atoms with van der Waals surface area (Å²) in [5, 5.41) is 12.0. The van der Waals surface area contributed by atoms with E-state index in [1.165, 1.54) is 18.4 Å².